The summed E-state index contributed by atoms with van der Waals surface area (Å²) in [5.74, 6) is 0.482. The first-order valence-corrected chi connectivity index (χ1v) is 10.2. The van der Waals surface area contributed by atoms with Crippen LogP contribution in [-0.2, 0) is 9.59 Å². The number of likely N-dealkylation sites (tertiary alicyclic amines) is 1. The minimum atomic E-state index is -0.0518. The van der Waals surface area contributed by atoms with Crippen molar-refractivity contribution < 1.29 is 9.59 Å². The van der Waals surface area contributed by atoms with Crippen LogP contribution in [0.4, 0.5) is 11.5 Å². The molecule has 0 radical (unpaired) electrons. The molecule has 1 fully saturated rings. The summed E-state index contributed by atoms with van der Waals surface area (Å²) in [7, 11) is 0. The van der Waals surface area contributed by atoms with E-state index in [1.807, 2.05) is 32.0 Å². The zero-order valence-corrected chi connectivity index (χ0v) is 17.8. The first-order valence-electron chi connectivity index (χ1n) is 9.42. The molecular formula is C21H25BrN4O2. The van der Waals surface area contributed by atoms with Crippen LogP contribution in [0.15, 0.2) is 41.0 Å². The zero-order valence-electron chi connectivity index (χ0n) is 16.2. The third-order valence-corrected chi connectivity index (χ3v) is 5.43. The van der Waals surface area contributed by atoms with Gasteiger partial charge in [-0.25, -0.2) is 4.98 Å². The molecule has 0 aliphatic carbocycles. The summed E-state index contributed by atoms with van der Waals surface area (Å²) in [5, 5.41) is 5.85. The fourth-order valence-corrected chi connectivity index (χ4v) is 3.61. The van der Waals surface area contributed by atoms with Crippen molar-refractivity contribution in [1.29, 1.82) is 0 Å². The SMILES string of the molecule is Cc1ccc(NC(=O)CN2CCC(C(=O)Nc3ccc(Br)cn3)CC2)c(C)c1. The molecule has 2 amide bonds. The molecule has 2 heterocycles. The van der Waals surface area contributed by atoms with Gasteiger partial charge in [0.2, 0.25) is 11.8 Å². The van der Waals surface area contributed by atoms with E-state index in [0.29, 0.717) is 12.4 Å². The van der Waals surface area contributed by atoms with Crippen LogP contribution in [0, 0.1) is 19.8 Å². The lowest BCUT2D eigenvalue weighted by Gasteiger charge is -2.30. The highest BCUT2D eigenvalue weighted by Gasteiger charge is 2.26. The summed E-state index contributed by atoms with van der Waals surface area (Å²) in [6, 6.07) is 9.61. The van der Waals surface area contributed by atoms with Gasteiger partial charge in [-0.15, -0.1) is 0 Å². The van der Waals surface area contributed by atoms with Gasteiger partial charge in [-0.3, -0.25) is 14.5 Å². The largest absolute Gasteiger partial charge is 0.325 e. The highest BCUT2D eigenvalue weighted by atomic mass is 79.9. The minimum Gasteiger partial charge on any atom is -0.325 e. The highest BCUT2D eigenvalue weighted by Crippen LogP contribution is 2.20. The van der Waals surface area contributed by atoms with Crippen LogP contribution in [0.5, 0.6) is 0 Å². The lowest BCUT2D eigenvalue weighted by atomic mass is 9.96. The Labute approximate surface area is 173 Å². The van der Waals surface area contributed by atoms with Crippen LogP contribution < -0.4 is 10.6 Å². The van der Waals surface area contributed by atoms with Crippen molar-refractivity contribution in [2.24, 2.45) is 5.92 Å². The van der Waals surface area contributed by atoms with Gasteiger partial charge in [-0.1, -0.05) is 17.7 Å². The summed E-state index contributed by atoms with van der Waals surface area (Å²) in [6.07, 6.45) is 3.13. The Bertz CT molecular complexity index is 846. The Kier molecular flexibility index (Phi) is 6.80. The third-order valence-electron chi connectivity index (χ3n) is 4.96. The number of nitrogens with one attached hydrogen (secondary N) is 2. The van der Waals surface area contributed by atoms with Gasteiger partial charge >= 0.3 is 0 Å². The average molecular weight is 445 g/mol. The lowest BCUT2D eigenvalue weighted by molar-refractivity contribution is -0.121. The third kappa shape index (κ3) is 5.62. The lowest BCUT2D eigenvalue weighted by Crippen LogP contribution is -2.41. The van der Waals surface area contributed by atoms with Gasteiger partial charge in [0.15, 0.2) is 0 Å². The molecule has 2 N–H and O–H groups in total. The second-order valence-corrected chi connectivity index (χ2v) is 8.18. The molecule has 0 bridgehead atoms. The van der Waals surface area contributed by atoms with Crippen molar-refractivity contribution in [3.63, 3.8) is 0 Å². The molecule has 1 aliphatic rings. The van der Waals surface area contributed by atoms with Crippen LogP contribution in [0.2, 0.25) is 0 Å². The zero-order chi connectivity index (χ0) is 20.1. The fraction of sp³-hybridized carbons (Fsp3) is 0.381. The number of hydrogen-bond donors (Lipinski definition) is 2. The number of anilines is 2. The molecule has 1 aromatic carbocycles. The van der Waals surface area contributed by atoms with Gasteiger partial charge in [0.05, 0.1) is 6.54 Å². The van der Waals surface area contributed by atoms with Gasteiger partial charge in [0.25, 0.3) is 0 Å². The van der Waals surface area contributed by atoms with Gasteiger partial charge in [0, 0.05) is 22.3 Å². The smallest absolute Gasteiger partial charge is 0.238 e. The molecule has 2 aromatic rings. The minimum absolute atomic E-state index is 0.00537. The Morgan fingerprint density at radius 2 is 1.89 bits per heavy atom. The molecular weight excluding hydrogens is 420 g/mol. The normalized spacial score (nSPS) is 15.2. The number of nitrogens with zero attached hydrogens (tertiary/aromatic N) is 2. The number of halogens is 1. The summed E-state index contributed by atoms with van der Waals surface area (Å²) in [5.41, 5.74) is 3.09. The molecule has 1 aromatic heterocycles. The van der Waals surface area contributed by atoms with Crippen LogP contribution in [-0.4, -0.2) is 41.3 Å². The molecule has 0 saturated carbocycles. The number of aromatic nitrogens is 1. The van der Waals surface area contributed by atoms with Gasteiger partial charge in [-0.05, 0) is 79.5 Å². The van der Waals surface area contributed by atoms with Crippen LogP contribution >= 0.6 is 15.9 Å². The van der Waals surface area contributed by atoms with Crippen molar-refractivity contribution in [1.82, 2.24) is 9.88 Å². The van der Waals surface area contributed by atoms with E-state index in [2.05, 4.69) is 42.5 Å². The van der Waals surface area contributed by atoms with E-state index >= 15 is 0 Å². The van der Waals surface area contributed by atoms with E-state index in [4.69, 9.17) is 0 Å². The van der Waals surface area contributed by atoms with Crippen LogP contribution in [0.25, 0.3) is 0 Å². The molecule has 1 saturated heterocycles. The molecule has 0 atom stereocenters. The summed E-state index contributed by atoms with van der Waals surface area (Å²) >= 11 is 3.33. The maximum absolute atomic E-state index is 12.4. The van der Waals surface area contributed by atoms with E-state index in [0.717, 1.165) is 41.7 Å². The quantitative estimate of drug-likeness (QED) is 0.736. The summed E-state index contributed by atoms with van der Waals surface area (Å²) in [6.45, 7) is 5.83. The summed E-state index contributed by atoms with van der Waals surface area (Å²) in [4.78, 5) is 31.1. The Morgan fingerprint density at radius 1 is 1.14 bits per heavy atom. The molecule has 6 nitrogen and oxygen atoms in total. The predicted octanol–water partition coefficient (Wildman–Crippen LogP) is 3.75. The standard InChI is InChI=1S/C21H25BrN4O2/c1-14-3-5-18(15(2)11-14)24-20(27)13-26-9-7-16(8-10-26)21(28)25-19-6-4-17(22)12-23-19/h3-6,11-12,16H,7-10,13H2,1-2H3,(H,24,27)(H,23,25,28). The molecule has 1 aliphatic heterocycles. The molecule has 3 rings (SSSR count). The van der Waals surface area contributed by atoms with Gasteiger partial charge < -0.3 is 10.6 Å². The number of pyridine rings is 1. The van der Waals surface area contributed by atoms with Crippen molar-refractivity contribution in [2.45, 2.75) is 26.7 Å². The topological polar surface area (TPSA) is 74.3 Å². The number of aryl methyl sites for hydroxylation is 2. The van der Waals surface area contributed by atoms with E-state index < -0.39 is 0 Å². The Hall–Kier alpha value is -2.25. The number of piperidine rings is 1. The van der Waals surface area contributed by atoms with Crippen molar-refractivity contribution in [3.8, 4) is 0 Å². The van der Waals surface area contributed by atoms with Gasteiger partial charge in [0.1, 0.15) is 5.82 Å². The number of carbonyl (C=O) groups excluding carboxylic acids is 2. The predicted molar refractivity (Wildman–Crippen MR) is 114 cm³/mol. The Balaban J connectivity index is 1.45. The van der Waals surface area contributed by atoms with Gasteiger partial charge in [-0.2, -0.15) is 0 Å². The molecule has 0 spiro atoms. The first kappa shape index (κ1) is 20.5. The highest BCUT2D eigenvalue weighted by molar-refractivity contribution is 9.10. The maximum atomic E-state index is 12.4. The van der Waals surface area contributed by atoms with Crippen LogP contribution in [0.1, 0.15) is 24.0 Å². The number of carbonyl (C=O) groups is 2. The van der Waals surface area contributed by atoms with Crippen LogP contribution in [0.3, 0.4) is 0 Å². The maximum Gasteiger partial charge on any atom is 0.238 e. The number of benzene rings is 1. The second-order valence-electron chi connectivity index (χ2n) is 7.27. The summed E-state index contributed by atoms with van der Waals surface area (Å²) < 4.78 is 0.873. The van der Waals surface area contributed by atoms with E-state index in [9.17, 15) is 9.59 Å². The Morgan fingerprint density at radius 3 is 2.54 bits per heavy atom. The fourth-order valence-electron chi connectivity index (χ4n) is 3.38. The molecule has 28 heavy (non-hydrogen) atoms. The number of amides is 2. The monoisotopic (exact) mass is 444 g/mol. The van der Waals surface area contributed by atoms with E-state index in [1.165, 1.54) is 5.56 Å². The molecule has 148 valence electrons. The van der Waals surface area contributed by atoms with Crippen molar-refractivity contribution in [3.05, 3.63) is 52.1 Å². The molecule has 7 heteroatoms. The van der Waals surface area contributed by atoms with Crippen molar-refractivity contribution in [2.75, 3.05) is 30.3 Å². The van der Waals surface area contributed by atoms with Crippen molar-refractivity contribution >= 4 is 39.2 Å². The van der Waals surface area contributed by atoms with E-state index in [-0.39, 0.29) is 17.7 Å². The molecule has 0 unspecified atom stereocenters. The number of rotatable bonds is 5. The average Bonchev–Trinajstić information content (AvgIpc) is 2.66. The first-order chi connectivity index (χ1) is 13.4. The number of hydrogen-bond acceptors (Lipinski definition) is 4. The second kappa shape index (κ2) is 9.30. The van der Waals surface area contributed by atoms with E-state index in [1.54, 1.807) is 12.3 Å².